The van der Waals surface area contributed by atoms with Crippen LogP contribution in [0.15, 0.2) is 12.1 Å². The van der Waals surface area contributed by atoms with Crippen LogP contribution in [0.5, 0.6) is 0 Å². The lowest BCUT2D eigenvalue weighted by molar-refractivity contribution is -0.137. The van der Waals surface area contributed by atoms with Crippen molar-refractivity contribution in [2.45, 2.75) is 33.0 Å². The van der Waals surface area contributed by atoms with E-state index in [2.05, 4.69) is 4.98 Å². The van der Waals surface area contributed by atoms with Crippen molar-refractivity contribution < 1.29 is 13.2 Å². The van der Waals surface area contributed by atoms with Gasteiger partial charge in [-0.05, 0) is 25.0 Å². The first-order chi connectivity index (χ1) is 8.12. The van der Waals surface area contributed by atoms with Crippen molar-refractivity contribution in [2.75, 3.05) is 17.7 Å². The highest BCUT2D eigenvalue weighted by molar-refractivity contribution is 5.49. The second-order valence-electron chi connectivity index (χ2n) is 4.73. The highest BCUT2D eigenvalue weighted by Gasteiger charge is 2.32. The maximum atomic E-state index is 12.7. The molecule has 0 fully saturated rings. The number of pyridine rings is 1. The van der Waals surface area contributed by atoms with E-state index >= 15 is 0 Å². The number of anilines is 2. The van der Waals surface area contributed by atoms with Gasteiger partial charge in [0.1, 0.15) is 11.6 Å². The van der Waals surface area contributed by atoms with E-state index in [1.165, 1.54) is 0 Å². The summed E-state index contributed by atoms with van der Waals surface area (Å²) in [6, 6.07) is 1.94. The monoisotopic (exact) mass is 261 g/mol. The lowest BCUT2D eigenvalue weighted by Gasteiger charge is -2.29. The van der Waals surface area contributed by atoms with Crippen molar-refractivity contribution in [1.82, 2.24) is 4.98 Å². The van der Waals surface area contributed by atoms with Crippen molar-refractivity contribution in [3.63, 3.8) is 0 Å². The molecule has 6 heteroatoms. The summed E-state index contributed by atoms with van der Waals surface area (Å²) in [4.78, 5) is 5.66. The molecule has 1 atom stereocenters. The fraction of sp³-hybridized carbons (Fsp3) is 0.583. The number of nitrogens with zero attached hydrogens (tertiary/aromatic N) is 2. The second-order valence-corrected chi connectivity index (χ2v) is 4.73. The molecular weight excluding hydrogens is 243 g/mol. The Hall–Kier alpha value is -1.46. The molecule has 1 aromatic heterocycles. The van der Waals surface area contributed by atoms with E-state index in [9.17, 15) is 13.2 Å². The molecule has 0 aliphatic rings. The highest BCUT2D eigenvalue weighted by Crippen LogP contribution is 2.32. The highest BCUT2D eigenvalue weighted by atomic mass is 19.4. The van der Waals surface area contributed by atoms with Crippen LogP contribution in [-0.4, -0.2) is 18.1 Å². The summed E-state index contributed by atoms with van der Waals surface area (Å²) in [6.45, 7) is 5.93. The van der Waals surface area contributed by atoms with Gasteiger partial charge in [-0.3, -0.25) is 0 Å². The summed E-state index contributed by atoms with van der Waals surface area (Å²) in [5, 5.41) is 0. The van der Waals surface area contributed by atoms with Crippen molar-refractivity contribution in [1.29, 1.82) is 0 Å². The third-order valence-corrected chi connectivity index (χ3v) is 3.10. The normalized spacial score (nSPS) is 13.8. The lowest BCUT2D eigenvalue weighted by atomic mass is 10.1. The van der Waals surface area contributed by atoms with Gasteiger partial charge in [0.15, 0.2) is 0 Å². The second kappa shape index (κ2) is 5.04. The van der Waals surface area contributed by atoms with E-state index < -0.39 is 11.7 Å². The van der Waals surface area contributed by atoms with Gasteiger partial charge in [-0.15, -0.1) is 0 Å². The van der Waals surface area contributed by atoms with Gasteiger partial charge in [-0.25, -0.2) is 4.98 Å². The van der Waals surface area contributed by atoms with Crippen molar-refractivity contribution in [3.8, 4) is 0 Å². The molecule has 1 heterocycles. The fourth-order valence-corrected chi connectivity index (χ4v) is 1.54. The van der Waals surface area contributed by atoms with Gasteiger partial charge < -0.3 is 10.6 Å². The molecule has 1 rings (SSSR count). The van der Waals surface area contributed by atoms with E-state index in [4.69, 9.17) is 5.73 Å². The number of halogens is 3. The third kappa shape index (κ3) is 3.27. The van der Waals surface area contributed by atoms with Crippen molar-refractivity contribution >= 4 is 11.6 Å². The molecule has 18 heavy (non-hydrogen) atoms. The molecule has 102 valence electrons. The maximum Gasteiger partial charge on any atom is 0.416 e. The molecule has 0 spiro atoms. The predicted octanol–water partition coefficient (Wildman–Crippen LogP) is 3.16. The average Bonchev–Trinajstić information content (AvgIpc) is 2.24. The van der Waals surface area contributed by atoms with Crippen LogP contribution in [-0.2, 0) is 6.18 Å². The molecule has 2 N–H and O–H groups in total. The number of rotatable bonds is 3. The van der Waals surface area contributed by atoms with Crippen LogP contribution < -0.4 is 10.6 Å². The Kier molecular flexibility index (Phi) is 4.09. The van der Waals surface area contributed by atoms with Gasteiger partial charge in [0.2, 0.25) is 0 Å². The topological polar surface area (TPSA) is 42.1 Å². The van der Waals surface area contributed by atoms with Crippen LogP contribution in [0.3, 0.4) is 0 Å². The average molecular weight is 261 g/mol. The molecule has 3 nitrogen and oxygen atoms in total. The van der Waals surface area contributed by atoms with E-state index in [1.807, 2.05) is 20.8 Å². The first-order valence-corrected chi connectivity index (χ1v) is 5.70. The smallest absolute Gasteiger partial charge is 0.384 e. The van der Waals surface area contributed by atoms with E-state index in [1.54, 1.807) is 11.9 Å². The number of hydrogen-bond acceptors (Lipinski definition) is 3. The van der Waals surface area contributed by atoms with Gasteiger partial charge in [0.25, 0.3) is 0 Å². The summed E-state index contributed by atoms with van der Waals surface area (Å²) >= 11 is 0. The van der Waals surface area contributed by atoms with E-state index in [-0.39, 0.29) is 17.7 Å². The Morgan fingerprint density at radius 3 is 2.22 bits per heavy atom. The quantitative estimate of drug-likeness (QED) is 0.908. The van der Waals surface area contributed by atoms with Crippen LogP contribution in [0.25, 0.3) is 0 Å². The summed E-state index contributed by atoms with van der Waals surface area (Å²) in [6.07, 6.45) is -4.41. The lowest BCUT2D eigenvalue weighted by Crippen LogP contribution is -2.34. The molecule has 0 aliphatic heterocycles. The van der Waals surface area contributed by atoms with Crippen LogP contribution in [0.2, 0.25) is 0 Å². The molecule has 0 bridgehead atoms. The third-order valence-electron chi connectivity index (χ3n) is 3.10. The summed E-state index contributed by atoms with van der Waals surface area (Å²) in [5.74, 6) is 0.415. The predicted molar refractivity (Wildman–Crippen MR) is 66.4 cm³/mol. The molecule has 0 saturated carbocycles. The Labute approximate surface area is 105 Å². The molecular formula is C12H18F3N3. The molecule has 0 radical (unpaired) electrons. The molecule has 0 aliphatic carbocycles. The number of aromatic nitrogens is 1. The molecule has 1 aromatic rings. The standard InChI is InChI=1S/C12H18F3N3/c1-7(2)8(3)18(4)11-6-9(12(13,14)15)5-10(16)17-11/h5-8H,1-4H3,(H2,16,17). The summed E-state index contributed by atoms with van der Waals surface area (Å²) in [7, 11) is 1.71. The number of alkyl halides is 3. The van der Waals surface area contributed by atoms with Gasteiger partial charge in [0, 0.05) is 13.1 Å². The van der Waals surface area contributed by atoms with Crippen molar-refractivity contribution in [2.24, 2.45) is 5.92 Å². The Bertz CT molecular complexity index is 416. The van der Waals surface area contributed by atoms with Crippen LogP contribution >= 0.6 is 0 Å². The van der Waals surface area contributed by atoms with Crippen LogP contribution in [0, 0.1) is 5.92 Å². The molecule has 0 aromatic carbocycles. The Morgan fingerprint density at radius 2 is 1.78 bits per heavy atom. The zero-order valence-electron chi connectivity index (χ0n) is 10.9. The van der Waals surface area contributed by atoms with Crippen LogP contribution in [0.4, 0.5) is 24.8 Å². The number of hydrogen-bond donors (Lipinski definition) is 1. The Morgan fingerprint density at radius 1 is 1.22 bits per heavy atom. The van der Waals surface area contributed by atoms with Gasteiger partial charge in [-0.2, -0.15) is 13.2 Å². The SMILES string of the molecule is CC(C)C(C)N(C)c1cc(C(F)(F)F)cc(N)n1. The summed E-state index contributed by atoms with van der Waals surface area (Å²) < 4.78 is 38.0. The maximum absolute atomic E-state index is 12.7. The number of nitrogens with two attached hydrogens (primary N) is 1. The minimum Gasteiger partial charge on any atom is -0.384 e. The first kappa shape index (κ1) is 14.6. The minimum atomic E-state index is -4.41. The summed E-state index contributed by atoms with van der Waals surface area (Å²) in [5.41, 5.74) is 4.66. The van der Waals surface area contributed by atoms with Crippen molar-refractivity contribution in [3.05, 3.63) is 17.7 Å². The largest absolute Gasteiger partial charge is 0.416 e. The van der Waals surface area contributed by atoms with Gasteiger partial charge in [-0.1, -0.05) is 13.8 Å². The van der Waals surface area contributed by atoms with Gasteiger partial charge >= 0.3 is 6.18 Å². The molecule has 0 amide bonds. The zero-order valence-corrected chi connectivity index (χ0v) is 10.9. The zero-order chi connectivity index (χ0) is 14.1. The minimum absolute atomic E-state index is 0.0698. The molecule has 0 saturated heterocycles. The number of nitrogen functional groups attached to an aromatic ring is 1. The van der Waals surface area contributed by atoms with Gasteiger partial charge in [0.05, 0.1) is 5.56 Å². The first-order valence-electron chi connectivity index (χ1n) is 5.70. The fourth-order valence-electron chi connectivity index (χ4n) is 1.54. The Balaban J connectivity index is 3.14. The molecule has 1 unspecified atom stereocenters. The van der Waals surface area contributed by atoms with E-state index in [0.29, 0.717) is 5.92 Å². The van der Waals surface area contributed by atoms with E-state index in [0.717, 1.165) is 12.1 Å². The van der Waals surface area contributed by atoms with Crippen LogP contribution in [0.1, 0.15) is 26.3 Å².